The number of thiocarbonyl (C=S) groups is 1. The van der Waals surface area contributed by atoms with E-state index in [-0.39, 0.29) is 0 Å². The molecule has 23 heavy (non-hydrogen) atoms. The standard InChI is InChI=1S/C17H17F2N3S/c18-13-10-14(19)12-15(11-13)20-17(23)22-8-6-21(7-9-22)16-4-2-1-3-5-16/h1-5,10-12H,6-9H2,(H,20,23). The number of rotatable bonds is 2. The van der Waals surface area contributed by atoms with Crippen molar-refractivity contribution in [3.63, 3.8) is 0 Å². The maximum absolute atomic E-state index is 13.2. The number of hydrogen-bond donors (Lipinski definition) is 1. The molecule has 1 heterocycles. The molecule has 0 aromatic heterocycles. The fraction of sp³-hybridized carbons (Fsp3) is 0.235. The summed E-state index contributed by atoms with van der Waals surface area (Å²) in [5, 5.41) is 3.40. The number of benzene rings is 2. The zero-order valence-electron chi connectivity index (χ0n) is 12.5. The van der Waals surface area contributed by atoms with E-state index in [0.29, 0.717) is 10.8 Å². The summed E-state index contributed by atoms with van der Waals surface area (Å²) in [7, 11) is 0. The molecule has 0 aliphatic carbocycles. The van der Waals surface area contributed by atoms with Gasteiger partial charge in [-0.25, -0.2) is 8.78 Å². The minimum atomic E-state index is -0.621. The summed E-state index contributed by atoms with van der Waals surface area (Å²) in [4.78, 5) is 4.30. The molecule has 1 aliphatic rings. The van der Waals surface area contributed by atoms with Crippen LogP contribution in [0.4, 0.5) is 20.2 Å². The largest absolute Gasteiger partial charge is 0.368 e. The van der Waals surface area contributed by atoms with Crippen LogP contribution in [-0.2, 0) is 0 Å². The highest BCUT2D eigenvalue weighted by Gasteiger charge is 2.19. The van der Waals surface area contributed by atoms with Crippen LogP contribution in [0, 0.1) is 11.6 Å². The van der Waals surface area contributed by atoms with Crippen LogP contribution in [0.1, 0.15) is 0 Å². The van der Waals surface area contributed by atoms with E-state index in [1.807, 2.05) is 23.1 Å². The minimum absolute atomic E-state index is 0.331. The van der Waals surface area contributed by atoms with Crippen LogP contribution in [-0.4, -0.2) is 36.2 Å². The highest BCUT2D eigenvalue weighted by Crippen LogP contribution is 2.17. The maximum atomic E-state index is 13.2. The van der Waals surface area contributed by atoms with E-state index in [0.717, 1.165) is 32.2 Å². The van der Waals surface area contributed by atoms with E-state index in [2.05, 4.69) is 22.3 Å². The molecule has 120 valence electrons. The van der Waals surface area contributed by atoms with Crippen LogP contribution < -0.4 is 10.2 Å². The third-order valence-electron chi connectivity index (χ3n) is 3.80. The Morgan fingerprint density at radius 3 is 2.13 bits per heavy atom. The van der Waals surface area contributed by atoms with Crippen molar-refractivity contribution in [3.8, 4) is 0 Å². The summed E-state index contributed by atoms with van der Waals surface area (Å²) in [5.41, 5.74) is 1.52. The Morgan fingerprint density at radius 1 is 0.913 bits per heavy atom. The average Bonchev–Trinajstić information content (AvgIpc) is 2.55. The molecule has 2 aromatic rings. The molecule has 0 atom stereocenters. The molecule has 3 nitrogen and oxygen atoms in total. The topological polar surface area (TPSA) is 18.5 Å². The lowest BCUT2D eigenvalue weighted by Gasteiger charge is -2.37. The molecular weight excluding hydrogens is 316 g/mol. The molecule has 3 rings (SSSR count). The normalized spacial score (nSPS) is 14.7. The van der Waals surface area contributed by atoms with Crippen molar-refractivity contribution in [3.05, 3.63) is 60.2 Å². The van der Waals surface area contributed by atoms with E-state index in [1.165, 1.54) is 17.8 Å². The van der Waals surface area contributed by atoms with Crippen molar-refractivity contribution in [1.82, 2.24) is 4.90 Å². The van der Waals surface area contributed by atoms with Crippen molar-refractivity contribution in [2.75, 3.05) is 36.4 Å². The lowest BCUT2D eigenvalue weighted by molar-refractivity contribution is 0.391. The Bertz CT molecular complexity index is 665. The molecule has 1 fully saturated rings. The van der Waals surface area contributed by atoms with Crippen molar-refractivity contribution in [2.24, 2.45) is 0 Å². The first-order chi connectivity index (χ1) is 11.1. The SMILES string of the molecule is Fc1cc(F)cc(NC(=S)N2CCN(c3ccccc3)CC2)c1. The van der Waals surface area contributed by atoms with Crippen molar-refractivity contribution in [2.45, 2.75) is 0 Å². The fourth-order valence-corrected chi connectivity index (χ4v) is 2.94. The van der Waals surface area contributed by atoms with Crippen LogP contribution in [0.15, 0.2) is 48.5 Å². The van der Waals surface area contributed by atoms with E-state index in [4.69, 9.17) is 12.2 Å². The van der Waals surface area contributed by atoms with Gasteiger partial charge in [0.25, 0.3) is 0 Å². The van der Waals surface area contributed by atoms with E-state index >= 15 is 0 Å². The van der Waals surface area contributed by atoms with Gasteiger partial charge in [0.2, 0.25) is 0 Å². The van der Waals surface area contributed by atoms with E-state index < -0.39 is 11.6 Å². The average molecular weight is 333 g/mol. The van der Waals surface area contributed by atoms with Crippen molar-refractivity contribution >= 4 is 28.7 Å². The number of halogens is 2. The highest BCUT2D eigenvalue weighted by atomic mass is 32.1. The zero-order valence-corrected chi connectivity index (χ0v) is 13.3. The Balaban J connectivity index is 1.58. The summed E-state index contributed by atoms with van der Waals surface area (Å²) in [5.74, 6) is -1.24. The second-order valence-electron chi connectivity index (χ2n) is 5.40. The van der Waals surface area contributed by atoms with Gasteiger partial charge in [0.1, 0.15) is 11.6 Å². The molecule has 2 aromatic carbocycles. The smallest absolute Gasteiger partial charge is 0.173 e. The molecule has 6 heteroatoms. The van der Waals surface area contributed by atoms with Crippen LogP contribution in [0.2, 0.25) is 0 Å². The summed E-state index contributed by atoms with van der Waals surface area (Å²) >= 11 is 5.35. The molecule has 0 unspecified atom stereocenters. The lowest BCUT2D eigenvalue weighted by Crippen LogP contribution is -2.50. The van der Waals surface area contributed by atoms with Gasteiger partial charge in [-0.3, -0.25) is 0 Å². The van der Waals surface area contributed by atoms with Gasteiger partial charge in [0.05, 0.1) is 0 Å². The molecule has 1 aliphatic heterocycles. The van der Waals surface area contributed by atoms with Crippen LogP contribution >= 0.6 is 12.2 Å². The van der Waals surface area contributed by atoms with Gasteiger partial charge in [-0.05, 0) is 36.5 Å². The van der Waals surface area contributed by atoms with Gasteiger partial charge in [0, 0.05) is 43.6 Å². The predicted octanol–water partition coefficient (Wildman–Crippen LogP) is 3.48. The number of nitrogens with zero attached hydrogens (tertiary/aromatic N) is 2. The quantitative estimate of drug-likeness (QED) is 0.848. The first-order valence-electron chi connectivity index (χ1n) is 7.44. The Kier molecular flexibility index (Phi) is 4.71. The first-order valence-corrected chi connectivity index (χ1v) is 7.85. The second kappa shape index (κ2) is 6.91. The molecule has 0 bridgehead atoms. The molecule has 0 amide bonds. The third kappa shape index (κ3) is 3.96. The first kappa shape index (κ1) is 15.7. The second-order valence-corrected chi connectivity index (χ2v) is 5.78. The molecule has 0 radical (unpaired) electrons. The number of piperazine rings is 1. The molecule has 1 N–H and O–H groups in total. The van der Waals surface area contributed by atoms with Gasteiger partial charge in [-0.2, -0.15) is 0 Å². The van der Waals surface area contributed by atoms with Gasteiger partial charge in [-0.1, -0.05) is 18.2 Å². The predicted molar refractivity (Wildman–Crippen MR) is 92.8 cm³/mol. The lowest BCUT2D eigenvalue weighted by atomic mass is 10.2. The number of anilines is 2. The Labute approximate surface area is 139 Å². The molecular formula is C17H17F2N3S. The maximum Gasteiger partial charge on any atom is 0.173 e. The Morgan fingerprint density at radius 2 is 1.52 bits per heavy atom. The van der Waals surface area contributed by atoms with E-state index in [1.54, 1.807) is 0 Å². The molecule has 0 spiro atoms. The number of hydrogen-bond acceptors (Lipinski definition) is 2. The van der Waals surface area contributed by atoms with Gasteiger partial charge in [-0.15, -0.1) is 0 Å². The molecule has 0 saturated carbocycles. The highest BCUT2D eigenvalue weighted by molar-refractivity contribution is 7.80. The Hall–Kier alpha value is -2.21. The van der Waals surface area contributed by atoms with Crippen LogP contribution in [0.3, 0.4) is 0 Å². The summed E-state index contributed by atoms with van der Waals surface area (Å²) in [6.07, 6.45) is 0. The van der Waals surface area contributed by atoms with Crippen molar-refractivity contribution < 1.29 is 8.78 Å². The van der Waals surface area contributed by atoms with Gasteiger partial charge < -0.3 is 15.1 Å². The van der Waals surface area contributed by atoms with Gasteiger partial charge >= 0.3 is 0 Å². The zero-order chi connectivity index (χ0) is 16.2. The summed E-state index contributed by atoms with van der Waals surface area (Å²) in [6.45, 7) is 3.23. The van der Waals surface area contributed by atoms with Gasteiger partial charge in [0.15, 0.2) is 5.11 Å². The monoisotopic (exact) mass is 333 g/mol. The number of nitrogens with one attached hydrogen (secondary N) is 1. The van der Waals surface area contributed by atoms with Crippen LogP contribution in [0.5, 0.6) is 0 Å². The number of para-hydroxylation sites is 1. The van der Waals surface area contributed by atoms with Crippen molar-refractivity contribution in [1.29, 1.82) is 0 Å². The third-order valence-corrected chi connectivity index (χ3v) is 4.16. The van der Waals surface area contributed by atoms with E-state index in [9.17, 15) is 8.78 Å². The fourth-order valence-electron chi connectivity index (χ4n) is 2.64. The van der Waals surface area contributed by atoms with Crippen LogP contribution in [0.25, 0.3) is 0 Å². The summed E-state index contributed by atoms with van der Waals surface area (Å²) in [6, 6.07) is 13.5. The summed E-state index contributed by atoms with van der Waals surface area (Å²) < 4.78 is 26.4. The molecule has 1 saturated heterocycles. The minimum Gasteiger partial charge on any atom is -0.368 e.